The van der Waals surface area contributed by atoms with Gasteiger partial charge in [0.05, 0.1) is 20.3 Å². The van der Waals surface area contributed by atoms with Gasteiger partial charge < -0.3 is 34.9 Å². The molecule has 3 aliphatic rings. The van der Waals surface area contributed by atoms with Crippen LogP contribution in [0.1, 0.15) is 15.9 Å². The van der Waals surface area contributed by atoms with Crippen LogP contribution in [0.3, 0.4) is 0 Å². The third-order valence-corrected chi connectivity index (χ3v) is 5.24. The molecule has 2 atom stereocenters. The molecule has 0 saturated carbocycles. The zero-order valence-electron chi connectivity index (χ0n) is 17.4. The lowest BCUT2D eigenvalue weighted by Crippen LogP contribution is -2.45. The van der Waals surface area contributed by atoms with Gasteiger partial charge in [0.15, 0.2) is 6.61 Å². The van der Waals surface area contributed by atoms with Crippen LogP contribution < -0.4 is 34.9 Å². The third-order valence-electron chi connectivity index (χ3n) is 5.24. The fraction of sp³-hybridized carbons (Fsp3) is 0.364. The molecule has 3 heterocycles. The lowest BCUT2D eigenvalue weighted by molar-refractivity contribution is -0.123. The van der Waals surface area contributed by atoms with Crippen molar-refractivity contribution in [2.45, 2.75) is 18.7 Å². The molecule has 0 aliphatic carbocycles. The number of fused-ring (bicyclic) bond motifs is 7. The van der Waals surface area contributed by atoms with E-state index in [-0.39, 0.29) is 37.1 Å². The second-order valence-electron chi connectivity index (χ2n) is 7.33. The van der Waals surface area contributed by atoms with E-state index in [1.807, 2.05) is 12.1 Å². The Balaban J connectivity index is 1.66. The lowest BCUT2D eigenvalue weighted by atomic mass is 10.1. The quantitative estimate of drug-likeness (QED) is 0.653. The topological polar surface area (TPSA) is 107 Å². The van der Waals surface area contributed by atoms with Gasteiger partial charge in [-0.15, -0.1) is 0 Å². The van der Waals surface area contributed by atoms with Gasteiger partial charge in [0.2, 0.25) is 0 Å². The maximum Gasteiger partial charge on any atom is 0.258 e. The van der Waals surface area contributed by atoms with E-state index in [4.69, 9.17) is 18.9 Å². The van der Waals surface area contributed by atoms with E-state index in [1.54, 1.807) is 31.4 Å². The molecule has 5 rings (SSSR count). The van der Waals surface area contributed by atoms with Crippen LogP contribution >= 0.6 is 0 Å². The Kier molecular flexibility index (Phi) is 6.13. The second-order valence-corrected chi connectivity index (χ2v) is 7.33. The van der Waals surface area contributed by atoms with Gasteiger partial charge in [-0.1, -0.05) is 0 Å². The van der Waals surface area contributed by atoms with Gasteiger partial charge in [-0.05, 0) is 24.3 Å². The molecule has 2 aromatic rings. The Labute approximate surface area is 180 Å². The third kappa shape index (κ3) is 4.83. The van der Waals surface area contributed by atoms with Gasteiger partial charge >= 0.3 is 0 Å². The number of hydrogen-bond donors (Lipinski definition) is 3. The van der Waals surface area contributed by atoms with E-state index in [2.05, 4.69) is 16.0 Å². The first kappa shape index (κ1) is 20.8. The minimum Gasteiger partial charge on any atom is -0.497 e. The molecule has 1 fully saturated rings. The SMILES string of the molecule is COc1cc2cc(c1)C(=O)N[C@H]1CNC[C@@H]1Oc1ccc(c(OC)c1)CNC(=O)CO2. The van der Waals surface area contributed by atoms with Crippen molar-refractivity contribution in [1.82, 2.24) is 16.0 Å². The number of methoxy groups -OCH3 is 2. The molecule has 3 aliphatic heterocycles. The van der Waals surface area contributed by atoms with Gasteiger partial charge in [0.1, 0.15) is 29.1 Å². The number of carbonyl (C=O) groups excluding carboxylic acids is 2. The first-order valence-corrected chi connectivity index (χ1v) is 9.99. The van der Waals surface area contributed by atoms with Crippen LogP contribution in [0.25, 0.3) is 0 Å². The van der Waals surface area contributed by atoms with Crippen molar-refractivity contribution in [2.75, 3.05) is 33.9 Å². The second kappa shape index (κ2) is 9.13. The molecule has 9 nitrogen and oxygen atoms in total. The zero-order chi connectivity index (χ0) is 21.8. The highest BCUT2D eigenvalue weighted by atomic mass is 16.5. The minimum atomic E-state index is -0.305. The summed E-state index contributed by atoms with van der Waals surface area (Å²) in [6, 6.07) is 10.1. The first-order chi connectivity index (χ1) is 15.1. The molecular weight excluding hydrogens is 402 g/mol. The molecule has 9 heteroatoms. The first-order valence-electron chi connectivity index (χ1n) is 9.99. The smallest absolute Gasteiger partial charge is 0.258 e. The Morgan fingerprint density at radius 1 is 1.00 bits per heavy atom. The van der Waals surface area contributed by atoms with E-state index in [0.29, 0.717) is 41.7 Å². The molecule has 2 aromatic carbocycles. The largest absolute Gasteiger partial charge is 0.497 e. The van der Waals surface area contributed by atoms with E-state index in [9.17, 15) is 9.59 Å². The molecule has 0 unspecified atom stereocenters. The predicted molar refractivity (Wildman–Crippen MR) is 112 cm³/mol. The van der Waals surface area contributed by atoms with Gasteiger partial charge in [-0.2, -0.15) is 0 Å². The number of ether oxygens (including phenoxy) is 4. The lowest BCUT2D eigenvalue weighted by Gasteiger charge is -2.22. The number of hydrogen-bond acceptors (Lipinski definition) is 7. The van der Waals surface area contributed by atoms with Crippen LogP contribution in [0.5, 0.6) is 23.0 Å². The van der Waals surface area contributed by atoms with Gasteiger partial charge in [0, 0.05) is 42.9 Å². The summed E-state index contributed by atoms with van der Waals surface area (Å²) >= 11 is 0. The molecule has 2 amide bonds. The van der Waals surface area contributed by atoms with Crippen molar-refractivity contribution in [3.63, 3.8) is 0 Å². The molecule has 4 bridgehead atoms. The Bertz CT molecular complexity index is 980. The van der Waals surface area contributed by atoms with Crippen molar-refractivity contribution >= 4 is 11.8 Å². The van der Waals surface area contributed by atoms with Crippen molar-refractivity contribution in [3.05, 3.63) is 47.5 Å². The normalized spacial score (nSPS) is 21.1. The van der Waals surface area contributed by atoms with Crippen LogP contribution in [-0.4, -0.2) is 57.9 Å². The monoisotopic (exact) mass is 427 g/mol. The average molecular weight is 427 g/mol. The number of nitrogens with one attached hydrogen (secondary N) is 3. The molecule has 1 saturated heterocycles. The summed E-state index contributed by atoms with van der Waals surface area (Å²) in [5, 5.41) is 9.07. The summed E-state index contributed by atoms with van der Waals surface area (Å²) in [6.45, 7) is 1.25. The van der Waals surface area contributed by atoms with Crippen molar-refractivity contribution < 1.29 is 28.5 Å². The molecule has 3 N–H and O–H groups in total. The van der Waals surface area contributed by atoms with Crippen LogP contribution in [0, 0.1) is 0 Å². The zero-order valence-corrected chi connectivity index (χ0v) is 17.4. The fourth-order valence-corrected chi connectivity index (χ4v) is 3.59. The van der Waals surface area contributed by atoms with E-state index < -0.39 is 0 Å². The highest BCUT2D eigenvalue weighted by Gasteiger charge is 2.31. The fourth-order valence-electron chi connectivity index (χ4n) is 3.59. The molecule has 0 spiro atoms. The summed E-state index contributed by atoms with van der Waals surface area (Å²) in [6.07, 6.45) is -0.253. The van der Waals surface area contributed by atoms with Crippen molar-refractivity contribution in [2.24, 2.45) is 0 Å². The maximum atomic E-state index is 12.9. The number of rotatable bonds is 2. The summed E-state index contributed by atoms with van der Waals surface area (Å²) in [5.74, 6) is 1.46. The van der Waals surface area contributed by atoms with Crippen LogP contribution in [0.15, 0.2) is 36.4 Å². The highest BCUT2D eigenvalue weighted by molar-refractivity contribution is 5.95. The number of amides is 2. The summed E-state index contributed by atoms with van der Waals surface area (Å²) < 4.78 is 22.5. The Hall–Kier alpha value is -3.46. The van der Waals surface area contributed by atoms with Crippen molar-refractivity contribution in [1.29, 1.82) is 0 Å². The summed E-state index contributed by atoms with van der Waals surface area (Å²) in [4.78, 5) is 25.2. The van der Waals surface area contributed by atoms with E-state index in [1.165, 1.54) is 7.11 Å². The van der Waals surface area contributed by atoms with Crippen LogP contribution in [0.2, 0.25) is 0 Å². The predicted octanol–water partition coefficient (Wildman–Crippen LogP) is 0.862. The minimum absolute atomic E-state index is 0.202. The average Bonchev–Trinajstić information content (AvgIpc) is 3.22. The molecule has 31 heavy (non-hydrogen) atoms. The van der Waals surface area contributed by atoms with E-state index >= 15 is 0 Å². The maximum absolute atomic E-state index is 12.9. The number of carbonyl (C=O) groups is 2. The molecule has 164 valence electrons. The molecular formula is C22H25N3O6. The van der Waals surface area contributed by atoms with Gasteiger partial charge in [0.25, 0.3) is 11.8 Å². The van der Waals surface area contributed by atoms with Crippen LogP contribution in [0.4, 0.5) is 0 Å². The molecule has 0 aromatic heterocycles. The summed E-state index contributed by atoms with van der Waals surface area (Å²) in [7, 11) is 3.07. The molecule has 0 radical (unpaired) electrons. The van der Waals surface area contributed by atoms with Gasteiger partial charge in [-0.3, -0.25) is 9.59 Å². The van der Waals surface area contributed by atoms with Crippen molar-refractivity contribution in [3.8, 4) is 23.0 Å². The highest BCUT2D eigenvalue weighted by Crippen LogP contribution is 2.27. The Morgan fingerprint density at radius 3 is 2.68 bits per heavy atom. The standard InChI is InChI=1S/C22H25N3O6/c1-28-16-5-14-6-17(7-16)30-12-21(26)24-9-13-3-4-15(8-19(13)29-2)31-20-11-23-10-18(20)25-22(14)27/h3-8,18,20,23H,9-12H2,1-2H3,(H,24,26)(H,25,27)/t18-,20-/m0/s1. The van der Waals surface area contributed by atoms with Crippen LogP contribution in [-0.2, 0) is 11.3 Å². The summed E-state index contributed by atoms with van der Waals surface area (Å²) in [5.41, 5.74) is 1.18. The van der Waals surface area contributed by atoms with E-state index in [0.717, 1.165) is 5.56 Å². The number of benzene rings is 2. The van der Waals surface area contributed by atoms with Gasteiger partial charge in [-0.25, -0.2) is 0 Å². The Morgan fingerprint density at radius 2 is 1.87 bits per heavy atom.